The molecule has 19 nitrogen and oxygen atoms in total. The number of nitrogen functional groups attached to an aromatic ring is 1. The molecule has 188 valence electrons. The van der Waals surface area contributed by atoms with Crippen molar-refractivity contribution in [1.82, 2.24) is 19.5 Å². The van der Waals surface area contributed by atoms with Crippen LogP contribution in [0.2, 0.25) is 0 Å². The number of anilines is 2. The molecule has 0 spiro atoms. The SMILES string of the molecule is CNc1nc(N)nc2c1ncn2[C@@H]1O[C@H](CO[PH](O)(O)OP(=O)(O)OP(=O)(O)O)C(O)[C@@H]1O. The van der Waals surface area contributed by atoms with Crippen molar-refractivity contribution in [3.05, 3.63) is 6.33 Å². The van der Waals surface area contributed by atoms with Gasteiger partial charge in [0.1, 0.15) is 0 Å². The summed E-state index contributed by atoms with van der Waals surface area (Å²) in [5.74, 6) is 0.157. The second kappa shape index (κ2) is 9.33. The van der Waals surface area contributed by atoms with Crippen molar-refractivity contribution in [3.63, 3.8) is 0 Å². The molecule has 5 atom stereocenters. The van der Waals surface area contributed by atoms with Crippen LogP contribution in [0.25, 0.3) is 11.2 Å². The Labute approximate surface area is 184 Å². The Kier molecular flexibility index (Phi) is 7.41. The number of aromatic nitrogens is 4. The molecule has 1 fully saturated rings. The van der Waals surface area contributed by atoms with Crippen molar-refractivity contribution in [2.24, 2.45) is 0 Å². The van der Waals surface area contributed by atoms with E-state index in [4.69, 9.17) is 20.3 Å². The van der Waals surface area contributed by atoms with E-state index >= 15 is 0 Å². The number of hydrogen-bond donors (Lipinski definition) is 9. The maximum absolute atomic E-state index is 11.5. The van der Waals surface area contributed by atoms with Crippen LogP contribution >= 0.6 is 23.8 Å². The number of rotatable bonds is 9. The number of nitrogens with two attached hydrogens (primary N) is 1. The number of ether oxygens (including phenoxy) is 1. The van der Waals surface area contributed by atoms with Crippen molar-refractivity contribution in [1.29, 1.82) is 0 Å². The average Bonchev–Trinajstić information content (AvgIpc) is 3.18. The molecular weight excluding hydrogens is 517 g/mol. The van der Waals surface area contributed by atoms with Crippen LogP contribution in [-0.2, 0) is 27.0 Å². The number of aliphatic hydroxyl groups excluding tert-OH is 2. The minimum absolute atomic E-state index is 0.124. The molecule has 0 saturated carbocycles. The summed E-state index contributed by atoms with van der Waals surface area (Å²) in [6.45, 7) is -0.893. The van der Waals surface area contributed by atoms with Crippen LogP contribution in [0.3, 0.4) is 0 Å². The molecule has 2 aromatic heterocycles. The number of fused-ring (bicyclic) bond motifs is 1. The monoisotopic (exact) mass is 538 g/mol. The third-order valence-electron chi connectivity index (χ3n) is 4.17. The van der Waals surface area contributed by atoms with Gasteiger partial charge in [-0.05, 0) is 0 Å². The zero-order valence-electron chi connectivity index (χ0n) is 16.4. The van der Waals surface area contributed by atoms with Crippen LogP contribution in [0, 0.1) is 0 Å². The predicted molar refractivity (Wildman–Crippen MR) is 108 cm³/mol. The summed E-state index contributed by atoms with van der Waals surface area (Å²) in [6, 6.07) is 0. The molecule has 3 rings (SSSR count). The van der Waals surface area contributed by atoms with Crippen LogP contribution in [-0.4, -0.2) is 86.2 Å². The van der Waals surface area contributed by atoms with E-state index in [0.29, 0.717) is 0 Å². The third kappa shape index (κ3) is 6.19. The summed E-state index contributed by atoms with van der Waals surface area (Å²) in [5.41, 5.74) is 6.06. The van der Waals surface area contributed by atoms with E-state index in [1.807, 2.05) is 0 Å². The third-order valence-corrected chi connectivity index (χ3v) is 8.26. The summed E-state index contributed by atoms with van der Waals surface area (Å²) < 4.78 is 40.7. The fraction of sp³-hybridized carbons (Fsp3) is 0.545. The van der Waals surface area contributed by atoms with Crippen LogP contribution < -0.4 is 11.1 Å². The number of hydrogen-bond acceptors (Lipinski definition) is 15. The van der Waals surface area contributed by atoms with Crippen molar-refractivity contribution in [3.8, 4) is 0 Å². The molecule has 0 aromatic carbocycles. The fourth-order valence-electron chi connectivity index (χ4n) is 2.91. The first-order chi connectivity index (χ1) is 15.1. The van der Waals surface area contributed by atoms with Gasteiger partial charge >= 0.3 is 184 Å². The Bertz CT molecular complexity index is 1110. The van der Waals surface area contributed by atoms with E-state index in [1.54, 1.807) is 7.05 Å². The fourth-order valence-corrected chi connectivity index (χ4v) is 6.21. The number of imidazole rings is 1. The van der Waals surface area contributed by atoms with Gasteiger partial charge < -0.3 is 0 Å². The number of aliphatic hydroxyl groups is 2. The minimum atomic E-state index is -5.64. The molecule has 2 unspecified atom stereocenters. The molecule has 2 aromatic rings. The van der Waals surface area contributed by atoms with Crippen LogP contribution in [0.1, 0.15) is 6.23 Å². The van der Waals surface area contributed by atoms with Crippen LogP contribution in [0.15, 0.2) is 6.33 Å². The Morgan fingerprint density at radius 3 is 2.52 bits per heavy atom. The zero-order valence-corrected chi connectivity index (χ0v) is 19.2. The van der Waals surface area contributed by atoms with Crippen molar-refractivity contribution >= 4 is 46.7 Å². The summed E-state index contributed by atoms with van der Waals surface area (Å²) in [6.07, 6.45) is -4.76. The van der Waals surface area contributed by atoms with Crippen LogP contribution in [0.5, 0.6) is 0 Å². The standard InChI is InChI=1S/C11H21N6O13P3/c1-13-8-5-9(16-11(12)15-8)17(3-14-5)10-7(19)6(18)4(28-10)2-27-32(23,24)30-33(25,26)29-31(20,21)22/h3-4,6-7,10,18-19,23-24,32H,2H2,1H3,(H,25,26)(H2,20,21,22)(H3,12,13,15,16)/t4-,6?,7+,10-/m1/s1. The topological polar surface area (TPSA) is 294 Å². The van der Waals surface area contributed by atoms with Gasteiger partial charge in [0, 0.05) is 0 Å². The van der Waals surface area contributed by atoms with Gasteiger partial charge in [-0.15, -0.1) is 0 Å². The van der Waals surface area contributed by atoms with Gasteiger partial charge in [0.2, 0.25) is 0 Å². The average molecular weight is 538 g/mol. The molecule has 0 bridgehead atoms. The Morgan fingerprint density at radius 1 is 1.24 bits per heavy atom. The van der Waals surface area contributed by atoms with Gasteiger partial charge in [-0.1, -0.05) is 0 Å². The normalized spacial score (nSPS) is 26.4. The molecular formula is C11H21N6O13P3. The first-order valence-corrected chi connectivity index (χ1v) is 13.4. The van der Waals surface area contributed by atoms with E-state index in [-0.39, 0.29) is 22.9 Å². The van der Waals surface area contributed by atoms with Crippen LogP contribution in [0.4, 0.5) is 11.8 Å². The molecule has 33 heavy (non-hydrogen) atoms. The summed E-state index contributed by atoms with van der Waals surface area (Å²) in [4.78, 5) is 57.7. The second-order valence-electron chi connectivity index (χ2n) is 6.54. The molecule has 3 heterocycles. The first kappa shape index (κ1) is 26.2. The van der Waals surface area contributed by atoms with E-state index in [1.165, 1.54) is 10.9 Å². The zero-order chi connectivity index (χ0) is 24.8. The number of phosphoric acid groups is 2. The van der Waals surface area contributed by atoms with Crippen molar-refractivity contribution in [2.45, 2.75) is 24.5 Å². The number of nitrogens with one attached hydrogen (secondary N) is 1. The van der Waals surface area contributed by atoms with E-state index in [0.717, 1.165) is 0 Å². The molecule has 10 N–H and O–H groups in total. The van der Waals surface area contributed by atoms with Gasteiger partial charge in [-0.25, -0.2) is 0 Å². The first-order valence-electron chi connectivity index (χ1n) is 8.71. The van der Waals surface area contributed by atoms with E-state index in [9.17, 15) is 34.0 Å². The summed E-state index contributed by atoms with van der Waals surface area (Å²) in [5, 5.41) is 23.4. The molecule has 0 amide bonds. The van der Waals surface area contributed by atoms with Crippen molar-refractivity contribution in [2.75, 3.05) is 24.7 Å². The van der Waals surface area contributed by atoms with Gasteiger partial charge in [-0.2, -0.15) is 0 Å². The predicted octanol–water partition coefficient (Wildman–Crippen LogP) is -2.29. The van der Waals surface area contributed by atoms with E-state index < -0.39 is 55.0 Å². The quantitative estimate of drug-likeness (QED) is 0.152. The molecule has 1 saturated heterocycles. The molecule has 0 radical (unpaired) electrons. The Balaban J connectivity index is 1.73. The van der Waals surface area contributed by atoms with Gasteiger partial charge in [0.25, 0.3) is 0 Å². The number of nitrogens with zero attached hydrogens (tertiary/aromatic N) is 4. The Morgan fingerprint density at radius 2 is 1.91 bits per heavy atom. The molecule has 0 aliphatic carbocycles. The van der Waals surface area contributed by atoms with Gasteiger partial charge in [0.15, 0.2) is 0 Å². The molecule has 1 aliphatic heterocycles. The summed E-state index contributed by atoms with van der Waals surface area (Å²) in [7, 11) is -15.1. The maximum atomic E-state index is 11.5. The molecule has 1 aliphatic rings. The van der Waals surface area contributed by atoms with Gasteiger partial charge in [0.05, 0.1) is 0 Å². The Hall–Kier alpha value is -1.40. The van der Waals surface area contributed by atoms with Crippen molar-refractivity contribution < 1.29 is 61.7 Å². The second-order valence-corrected chi connectivity index (χ2v) is 11.2. The van der Waals surface area contributed by atoms with Gasteiger partial charge in [-0.3, -0.25) is 0 Å². The molecule has 22 heteroatoms. The summed E-state index contributed by atoms with van der Waals surface area (Å²) >= 11 is 0. The van der Waals surface area contributed by atoms with E-state index in [2.05, 4.69) is 33.4 Å².